The Kier molecular flexibility index (Phi) is 4.63. The van der Waals surface area contributed by atoms with E-state index in [1.54, 1.807) is 10.9 Å². The zero-order valence-electron chi connectivity index (χ0n) is 16.1. The molecule has 0 saturated heterocycles. The van der Waals surface area contributed by atoms with Crippen molar-refractivity contribution >= 4 is 27.7 Å². The quantitative estimate of drug-likeness (QED) is 0.493. The van der Waals surface area contributed by atoms with Gasteiger partial charge in [0.15, 0.2) is 0 Å². The summed E-state index contributed by atoms with van der Waals surface area (Å²) in [6.07, 6.45) is 1.98. The normalized spacial score (nSPS) is 15.5. The first-order valence-corrected chi connectivity index (χ1v) is 10.3. The van der Waals surface area contributed by atoms with E-state index in [9.17, 15) is 4.79 Å². The minimum atomic E-state index is -0.0825. The maximum absolute atomic E-state index is 12.5. The Morgan fingerprint density at radius 2 is 1.87 bits per heavy atom. The zero-order chi connectivity index (χ0) is 20.7. The highest BCUT2D eigenvalue weighted by Crippen LogP contribution is 2.40. The van der Waals surface area contributed by atoms with Gasteiger partial charge < -0.3 is 5.32 Å². The first kappa shape index (κ1) is 18.6. The number of nitrogens with zero attached hydrogens (tertiary/aromatic N) is 5. The lowest BCUT2D eigenvalue weighted by Gasteiger charge is -2.24. The van der Waals surface area contributed by atoms with Crippen LogP contribution in [0.25, 0.3) is 17.2 Å². The van der Waals surface area contributed by atoms with E-state index in [2.05, 4.69) is 41.5 Å². The molecule has 1 aliphatic rings. The standard InChI is InChI=1S/C22H17BrN6O/c1-13-20-17(14-7-9-16(23)10-8-14)11-19(30)26-21(20)29(28-13)22-25-18(12-24-27-22)15-5-3-2-4-6-15/h2-10,12,17H,11H2,1H3,(H,26,30). The second-order valence-electron chi connectivity index (χ2n) is 7.12. The van der Waals surface area contributed by atoms with Crippen LogP contribution in [0, 0.1) is 6.92 Å². The highest BCUT2D eigenvalue weighted by atomic mass is 79.9. The molecule has 4 aromatic rings. The molecule has 1 N–H and O–H groups in total. The average molecular weight is 461 g/mol. The van der Waals surface area contributed by atoms with Crippen molar-refractivity contribution in [3.63, 3.8) is 0 Å². The third-order valence-corrected chi connectivity index (χ3v) is 5.71. The number of nitrogens with one attached hydrogen (secondary N) is 1. The number of halogens is 1. The van der Waals surface area contributed by atoms with Gasteiger partial charge in [-0.1, -0.05) is 58.4 Å². The lowest BCUT2D eigenvalue weighted by molar-refractivity contribution is -0.116. The van der Waals surface area contributed by atoms with Crippen LogP contribution in [0.1, 0.15) is 29.2 Å². The Balaban J connectivity index is 1.62. The van der Waals surface area contributed by atoms with Crippen molar-refractivity contribution in [1.29, 1.82) is 0 Å². The summed E-state index contributed by atoms with van der Waals surface area (Å²) >= 11 is 3.47. The minimum Gasteiger partial charge on any atom is -0.310 e. The number of hydrogen-bond acceptors (Lipinski definition) is 5. The van der Waals surface area contributed by atoms with Gasteiger partial charge in [0.2, 0.25) is 5.91 Å². The smallest absolute Gasteiger partial charge is 0.272 e. The van der Waals surface area contributed by atoms with Crippen LogP contribution >= 0.6 is 15.9 Å². The predicted octanol–water partition coefficient (Wildman–Crippen LogP) is 4.27. The van der Waals surface area contributed by atoms with Crippen LogP contribution in [-0.4, -0.2) is 30.9 Å². The molecule has 8 heteroatoms. The number of benzene rings is 2. The molecular weight excluding hydrogens is 444 g/mol. The SMILES string of the molecule is Cc1nn(-c2nncc(-c3ccccc3)n2)c2c1C(c1ccc(Br)cc1)CC(=O)N2. The number of aromatic nitrogens is 5. The summed E-state index contributed by atoms with van der Waals surface area (Å²) in [4.78, 5) is 17.2. The highest BCUT2D eigenvalue weighted by Gasteiger charge is 2.33. The second kappa shape index (κ2) is 7.46. The van der Waals surface area contributed by atoms with Crippen molar-refractivity contribution in [3.05, 3.63) is 82.1 Å². The molecule has 0 bridgehead atoms. The maximum Gasteiger partial charge on any atom is 0.272 e. The first-order valence-electron chi connectivity index (χ1n) is 9.50. The van der Waals surface area contributed by atoms with Gasteiger partial charge in [-0.25, -0.2) is 4.98 Å². The fraction of sp³-hybridized carbons (Fsp3) is 0.136. The first-order chi connectivity index (χ1) is 14.6. The van der Waals surface area contributed by atoms with E-state index < -0.39 is 0 Å². The van der Waals surface area contributed by atoms with E-state index in [0.717, 1.165) is 26.9 Å². The monoisotopic (exact) mass is 460 g/mol. The molecule has 0 saturated carbocycles. The number of rotatable bonds is 3. The number of carbonyl (C=O) groups excluding carboxylic acids is 1. The fourth-order valence-electron chi connectivity index (χ4n) is 3.80. The molecule has 7 nitrogen and oxygen atoms in total. The van der Waals surface area contributed by atoms with Gasteiger partial charge in [0.05, 0.1) is 17.6 Å². The molecular formula is C22H17BrN6O. The molecule has 2 aromatic heterocycles. The Labute approximate surface area is 181 Å². The van der Waals surface area contributed by atoms with Crippen LogP contribution in [0.5, 0.6) is 0 Å². The Morgan fingerprint density at radius 3 is 2.63 bits per heavy atom. The molecule has 0 aliphatic carbocycles. The van der Waals surface area contributed by atoms with Crippen LogP contribution < -0.4 is 5.32 Å². The van der Waals surface area contributed by atoms with E-state index in [-0.39, 0.29) is 11.8 Å². The molecule has 3 heterocycles. The number of aryl methyl sites for hydroxylation is 1. The summed E-state index contributed by atoms with van der Waals surface area (Å²) in [7, 11) is 0. The number of anilines is 1. The molecule has 0 radical (unpaired) electrons. The molecule has 5 rings (SSSR count). The van der Waals surface area contributed by atoms with E-state index in [4.69, 9.17) is 0 Å². The zero-order valence-corrected chi connectivity index (χ0v) is 17.7. The number of fused-ring (bicyclic) bond motifs is 1. The van der Waals surface area contributed by atoms with Crippen molar-refractivity contribution in [2.75, 3.05) is 5.32 Å². The Bertz CT molecular complexity index is 1240. The third kappa shape index (κ3) is 3.29. The Hall–Kier alpha value is -3.39. The van der Waals surface area contributed by atoms with Crippen molar-refractivity contribution < 1.29 is 4.79 Å². The van der Waals surface area contributed by atoms with Crippen LogP contribution in [-0.2, 0) is 4.79 Å². The molecule has 0 fully saturated rings. The molecule has 30 heavy (non-hydrogen) atoms. The molecule has 148 valence electrons. The van der Waals surface area contributed by atoms with Gasteiger partial charge in [0.1, 0.15) is 5.82 Å². The van der Waals surface area contributed by atoms with Gasteiger partial charge in [0, 0.05) is 27.9 Å². The summed E-state index contributed by atoms with van der Waals surface area (Å²) < 4.78 is 2.57. The van der Waals surface area contributed by atoms with E-state index in [0.29, 0.717) is 23.9 Å². The van der Waals surface area contributed by atoms with Crippen molar-refractivity contribution in [2.45, 2.75) is 19.3 Å². The van der Waals surface area contributed by atoms with Gasteiger partial charge >= 0.3 is 0 Å². The number of carbonyl (C=O) groups is 1. The molecule has 1 unspecified atom stereocenters. The van der Waals surface area contributed by atoms with Crippen LogP contribution in [0.15, 0.2) is 65.3 Å². The van der Waals surface area contributed by atoms with Crippen LogP contribution in [0.3, 0.4) is 0 Å². The fourth-order valence-corrected chi connectivity index (χ4v) is 4.07. The summed E-state index contributed by atoms with van der Waals surface area (Å²) in [5.74, 6) is 0.769. The van der Waals surface area contributed by atoms with E-state index in [1.807, 2.05) is 61.5 Å². The lowest BCUT2D eigenvalue weighted by Crippen LogP contribution is -2.25. The third-order valence-electron chi connectivity index (χ3n) is 5.18. The van der Waals surface area contributed by atoms with Gasteiger partial charge in [-0.2, -0.15) is 14.9 Å². The largest absolute Gasteiger partial charge is 0.310 e. The predicted molar refractivity (Wildman–Crippen MR) is 116 cm³/mol. The van der Waals surface area contributed by atoms with E-state index in [1.165, 1.54) is 0 Å². The molecule has 0 spiro atoms. The van der Waals surface area contributed by atoms with Gasteiger partial charge in [0.25, 0.3) is 5.95 Å². The minimum absolute atomic E-state index is 0.0660. The van der Waals surface area contributed by atoms with Gasteiger partial charge in [-0.15, -0.1) is 5.10 Å². The van der Waals surface area contributed by atoms with Gasteiger partial charge in [-0.3, -0.25) is 4.79 Å². The number of hydrogen-bond donors (Lipinski definition) is 1. The lowest BCUT2D eigenvalue weighted by atomic mass is 9.86. The van der Waals surface area contributed by atoms with Crippen molar-refractivity contribution in [1.82, 2.24) is 25.0 Å². The summed E-state index contributed by atoms with van der Waals surface area (Å²) in [5.41, 5.74) is 4.49. The topological polar surface area (TPSA) is 85.6 Å². The average Bonchev–Trinajstić information content (AvgIpc) is 3.11. The highest BCUT2D eigenvalue weighted by molar-refractivity contribution is 9.10. The Morgan fingerprint density at radius 1 is 1.10 bits per heavy atom. The molecule has 1 amide bonds. The second-order valence-corrected chi connectivity index (χ2v) is 8.04. The van der Waals surface area contributed by atoms with Crippen molar-refractivity contribution in [2.24, 2.45) is 0 Å². The molecule has 1 aliphatic heterocycles. The van der Waals surface area contributed by atoms with Gasteiger partial charge in [-0.05, 0) is 24.6 Å². The van der Waals surface area contributed by atoms with E-state index >= 15 is 0 Å². The summed E-state index contributed by atoms with van der Waals surface area (Å²) in [6, 6.07) is 17.8. The molecule has 2 aromatic carbocycles. The van der Waals surface area contributed by atoms with Crippen LogP contribution in [0.2, 0.25) is 0 Å². The maximum atomic E-state index is 12.5. The number of amides is 1. The molecule has 1 atom stereocenters. The summed E-state index contributed by atoms with van der Waals surface area (Å²) in [6.45, 7) is 1.94. The van der Waals surface area contributed by atoms with Crippen LogP contribution in [0.4, 0.5) is 5.82 Å². The van der Waals surface area contributed by atoms with Crippen molar-refractivity contribution in [3.8, 4) is 17.2 Å². The summed E-state index contributed by atoms with van der Waals surface area (Å²) in [5, 5.41) is 15.9.